The number of anilines is 2. The number of hydrogen-bond donors (Lipinski definition) is 2. The molecule has 0 spiro atoms. The van der Waals surface area contributed by atoms with E-state index in [4.69, 9.17) is 9.47 Å². The van der Waals surface area contributed by atoms with E-state index < -0.39 is 11.7 Å². The highest BCUT2D eigenvalue weighted by Gasteiger charge is 2.31. The predicted octanol–water partition coefficient (Wildman–Crippen LogP) is 2.91. The topological polar surface area (TPSA) is 76.7 Å². The fourth-order valence-corrected chi connectivity index (χ4v) is 2.81. The van der Waals surface area contributed by atoms with Crippen LogP contribution in [0.4, 0.5) is 15.8 Å². The van der Waals surface area contributed by atoms with Crippen LogP contribution in [-0.4, -0.2) is 26.0 Å². The van der Waals surface area contributed by atoms with E-state index in [2.05, 4.69) is 10.6 Å². The van der Waals surface area contributed by atoms with Crippen molar-refractivity contribution in [3.63, 3.8) is 0 Å². The lowest BCUT2D eigenvalue weighted by Crippen LogP contribution is -2.30. The van der Waals surface area contributed by atoms with Crippen LogP contribution in [0.25, 0.3) is 0 Å². The van der Waals surface area contributed by atoms with E-state index in [9.17, 15) is 14.0 Å². The van der Waals surface area contributed by atoms with Crippen molar-refractivity contribution in [1.82, 2.24) is 0 Å². The molecule has 130 valence electrons. The second-order valence-electron chi connectivity index (χ2n) is 5.60. The molecule has 1 atom stereocenters. The maximum atomic E-state index is 13.4. The molecule has 0 unspecified atom stereocenters. The quantitative estimate of drug-likeness (QED) is 0.894. The summed E-state index contributed by atoms with van der Waals surface area (Å²) in [5.74, 6) is -0.833. The Morgan fingerprint density at radius 1 is 1.16 bits per heavy atom. The van der Waals surface area contributed by atoms with E-state index in [0.717, 1.165) is 0 Å². The lowest BCUT2D eigenvalue weighted by atomic mass is 9.89. The first kappa shape index (κ1) is 16.8. The van der Waals surface area contributed by atoms with E-state index in [0.29, 0.717) is 28.4 Å². The third-order valence-corrected chi connectivity index (χ3v) is 4.02. The number of halogens is 1. The largest absolute Gasteiger partial charge is 0.493 e. The first-order valence-corrected chi connectivity index (χ1v) is 7.64. The minimum Gasteiger partial charge on any atom is -0.493 e. The SMILES string of the molecule is COc1ccc(NC(=O)[C@H]2CC(=O)Nc3cc(F)ccc32)cc1OC. The summed E-state index contributed by atoms with van der Waals surface area (Å²) in [5.41, 5.74) is 1.42. The number of methoxy groups -OCH3 is 2. The Hall–Kier alpha value is -3.09. The Kier molecular flexibility index (Phi) is 4.56. The van der Waals surface area contributed by atoms with Gasteiger partial charge in [0, 0.05) is 23.9 Å². The van der Waals surface area contributed by atoms with Crippen molar-refractivity contribution in [2.75, 3.05) is 24.9 Å². The minimum absolute atomic E-state index is 0.00223. The molecule has 0 saturated heterocycles. The van der Waals surface area contributed by atoms with Crippen molar-refractivity contribution in [2.24, 2.45) is 0 Å². The van der Waals surface area contributed by atoms with Crippen LogP contribution in [0, 0.1) is 5.82 Å². The summed E-state index contributed by atoms with van der Waals surface area (Å²) in [6.07, 6.45) is -0.00223. The molecule has 7 heteroatoms. The summed E-state index contributed by atoms with van der Waals surface area (Å²) in [5, 5.41) is 5.35. The molecule has 25 heavy (non-hydrogen) atoms. The first-order chi connectivity index (χ1) is 12.0. The van der Waals surface area contributed by atoms with Crippen LogP contribution >= 0.6 is 0 Å². The van der Waals surface area contributed by atoms with E-state index in [1.165, 1.54) is 32.4 Å². The summed E-state index contributed by atoms with van der Waals surface area (Å²) >= 11 is 0. The highest BCUT2D eigenvalue weighted by molar-refractivity contribution is 6.05. The molecule has 1 heterocycles. The standard InChI is InChI=1S/C18H17FN2O4/c1-24-15-6-4-11(8-16(15)25-2)20-18(23)13-9-17(22)21-14-7-10(19)3-5-12(13)14/h3-8,13H,9H2,1-2H3,(H,20,23)(H,21,22)/t13-/m0/s1. The second kappa shape index (κ2) is 6.80. The highest BCUT2D eigenvalue weighted by Crippen LogP contribution is 2.35. The maximum Gasteiger partial charge on any atom is 0.232 e. The molecule has 2 N–H and O–H groups in total. The van der Waals surface area contributed by atoms with Crippen LogP contribution in [0.15, 0.2) is 36.4 Å². The zero-order valence-electron chi connectivity index (χ0n) is 13.8. The fourth-order valence-electron chi connectivity index (χ4n) is 2.81. The van der Waals surface area contributed by atoms with Gasteiger partial charge in [-0.15, -0.1) is 0 Å². The Bertz CT molecular complexity index is 838. The lowest BCUT2D eigenvalue weighted by Gasteiger charge is -2.25. The van der Waals surface area contributed by atoms with E-state index in [1.807, 2.05) is 0 Å². The Balaban J connectivity index is 1.86. The molecule has 1 aliphatic heterocycles. The number of carbonyl (C=O) groups is 2. The van der Waals surface area contributed by atoms with Gasteiger partial charge in [-0.3, -0.25) is 9.59 Å². The zero-order valence-corrected chi connectivity index (χ0v) is 13.8. The van der Waals surface area contributed by atoms with Crippen LogP contribution in [-0.2, 0) is 9.59 Å². The van der Waals surface area contributed by atoms with Crippen molar-refractivity contribution in [3.8, 4) is 11.5 Å². The first-order valence-electron chi connectivity index (χ1n) is 7.64. The third-order valence-electron chi connectivity index (χ3n) is 4.02. The zero-order chi connectivity index (χ0) is 18.0. The van der Waals surface area contributed by atoms with Gasteiger partial charge in [0.15, 0.2) is 11.5 Å². The monoisotopic (exact) mass is 344 g/mol. The Labute approximate surface area is 143 Å². The number of carbonyl (C=O) groups excluding carboxylic acids is 2. The number of rotatable bonds is 4. The third kappa shape index (κ3) is 3.40. The van der Waals surface area contributed by atoms with Gasteiger partial charge >= 0.3 is 0 Å². The van der Waals surface area contributed by atoms with Crippen LogP contribution < -0.4 is 20.1 Å². The van der Waals surface area contributed by atoms with Crippen LogP contribution in [0.1, 0.15) is 17.9 Å². The van der Waals surface area contributed by atoms with Gasteiger partial charge in [-0.05, 0) is 29.8 Å². The van der Waals surface area contributed by atoms with Crippen molar-refractivity contribution >= 4 is 23.2 Å². The molecule has 2 amide bonds. The van der Waals surface area contributed by atoms with Gasteiger partial charge in [-0.2, -0.15) is 0 Å². The van der Waals surface area contributed by atoms with Gasteiger partial charge in [0.2, 0.25) is 11.8 Å². The minimum atomic E-state index is -0.697. The van der Waals surface area contributed by atoms with Crippen LogP contribution in [0.5, 0.6) is 11.5 Å². The Morgan fingerprint density at radius 3 is 2.64 bits per heavy atom. The Morgan fingerprint density at radius 2 is 1.92 bits per heavy atom. The van der Waals surface area contributed by atoms with Crippen LogP contribution in [0.3, 0.4) is 0 Å². The average Bonchev–Trinajstić information content (AvgIpc) is 2.60. The molecular formula is C18H17FN2O4. The summed E-state index contributed by atoms with van der Waals surface area (Å²) in [4.78, 5) is 24.5. The molecule has 0 fully saturated rings. The summed E-state index contributed by atoms with van der Waals surface area (Å²) in [6.45, 7) is 0. The van der Waals surface area contributed by atoms with Crippen molar-refractivity contribution in [1.29, 1.82) is 0 Å². The van der Waals surface area contributed by atoms with Gasteiger partial charge in [0.25, 0.3) is 0 Å². The molecule has 6 nitrogen and oxygen atoms in total. The van der Waals surface area contributed by atoms with Gasteiger partial charge in [0.05, 0.1) is 20.1 Å². The summed E-state index contributed by atoms with van der Waals surface area (Å²) < 4.78 is 23.7. The van der Waals surface area contributed by atoms with E-state index >= 15 is 0 Å². The number of nitrogens with one attached hydrogen (secondary N) is 2. The second-order valence-corrected chi connectivity index (χ2v) is 5.60. The number of amides is 2. The maximum absolute atomic E-state index is 13.4. The average molecular weight is 344 g/mol. The smallest absolute Gasteiger partial charge is 0.232 e. The predicted molar refractivity (Wildman–Crippen MR) is 90.6 cm³/mol. The molecule has 0 aliphatic carbocycles. The molecular weight excluding hydrogens is 327 g/mol. The number of benzene rings is 2. The summed E-state index contributed by atoms with van der Waals surface area (Å²) in [7, 11) is 3.02. The molecule has 1 aliphatic rings. The van der Waals surface area contributed by atoms with Gasteiger partial charge in [-0.1, -0.05) is 6.07 Å². The van der Waals surface area contributed by atoms with Gasteiger partial charge < -0.3 is 20.1 Å². The number of hydrogen-bond acceptors (Lipinski definition) is 4. The van der Waals surface area contributed by atoms with Crippen molar-refractivity contribution in [2.45, 2.75) is 12.3 Å². The molecule has 0 radical (unpaired) electrons. The number of fused-ring (bicyclic) bond motifs is 1. The van der Waals surface area contributed by atoms with E-state index in [-0.39, 0.29) is 18.2 Å². The molecule has 0 saturated carbocycles. The lowest BCUT2D eigenvalue weighted by molar-refractivity contribution is -0.123. The molecule has 2 aromatic carbocycles. The van der Waals surface area contributed by atoms with Gasteiger partial charge in [-0.25, -0.2) is 4.39 Å². The van der Waals surface area contributed by atoms with Crippen LogP contribution in [0.2, 0.25) is 0 Å². The summed E-state index contributed by atoms with van der Waals surface area (Å²) in [6, 6.07) is 8.98. The van der Waals surface area contributed by atoms with Crippen molar-refractivity contribution in [3.05, 3.63) is 47.8 Å². The van der Waals surface area contributed by atoms with E-state index in [1.54, 1.807) is 18.2 Å². The fraction of sp³-hybridized carbons (Fsp3) is 0.222. The normalized spacial score (nSPS) is 15.8. The molecule has 3 rings (SSSR count). The molecule has 0 aromatic heterocycles. The number of ether oxygens (including phenoxy) is 2. The molecule has 2 aromatic rings. The highest BCUT2D eigenvalue weighted by atomic mass is 19.1. The molecule has 0 bridgehead atoms. The van der Waals surface area contributed by atoms with Gasteiger partial charge in [0.1, 0.15) is 5.82 Å². The van der Waals surface area contributed by atoms with Crippen molar-refractivity contribution < 1.29 is 23.5 Å².